The molecule has 0 aliphatic heterocycles. The number of hydrogen-bond acceptors (Lipinski definition) is 7. The van der Waals surface area contributed by atoms with E-state index in [1.165, 1.54) is 31.4 Å². The molecule has 0 radical (unpaired) electrons. The van der Waals surface area contributed by atoms with Crippen LogP contribution in [0.15, 0.2) is 47.4 Å². The van der Waals surface area contributed by atoms with Crippen molar-refractivity contribution in [3.8, 4) is 11.5 Å². The number of alkyl halides is 3. The fourth-order valence-corrected chi connectivity index (χ4v) is 3.98. The van der Waals surface area contributed by atoms with Gasteiger partial charge in [-0.3, -0.25) is 4.79 Å². The zero-order valence-electron chi connectivity index (χ0n) is 17.7. The molecule has 0 saturated carbocycles. The summed E-state index contributed by atoms with van der Waals surface area (Å²) in [6.07, 6.45) is -4.84. The van der Waals surface area contributed by atoms with Crippen LogP contribution in [0.3, 0.4) is 0 Å². The third-order valence-electron chi connectivity index (χ3n) is 3.79. The number of carbonyl (C=O) groups is 2. The predicted molar refractivity (Wildman–Crippen MR) is 110 cm³/mol. The first kappa shape index (κ1) is 25.9. The molecule has 0 fully saturated rings. The highest BCUT2D eigenvalue weighted by atomic mass is 32.2. The molecule has 33 heavy (non-hydrogen) atoms. The lowest BCUT2D eigenvalue weighted by atomic mass is 10.2. The van der Waals surface area contributed by atoms with E-state index in [2.05, 4.69) is 14.8 Å². The Labute approximate surface area is 187 Å². The van der Waals surface area contributed by atoms with E-state index in [0.717, 1.165) is 18.2 Å². The summed E-state index contributed by atoms with van der Waals surface area (Å²) in [5.74, 6) is -2.20. The van der Waals surface area contributed by atoms with Gasteiger partial charge in [0.2, 0.25) is 10.0 Å². The smallest absolute Gasteiger partial charge is 0.495 e. The maximum Gasteiger partial charge on any atom is 0.573 e. The van der Waals surface area contributed by atoms with Crippen molar-refractivity contribution in [2.45, 2.75) is 31.1 Å². The number of sulfonamides is 1. The molecule has 180 valence electrons. The normalized spacial score (nSPS) is 11.7. The van der Waals surface area contributed by atoms with Gasteiger partial charge in [-0.25, -0.2) is 17.9 Å². The molecule has 1 amide bonds. The van der Waals surface area contributed by atoms with E-state index in [4.69, 9.17) is 9.47 Å². The van der Waals surface area contributed by atoms with Crippen LogP contribution in [0, 0.1) is 0 Å². The summed E-state index contributed by atoms with van der Waals surface area (Å²) in [6.45, 7) is 2.52. The molecule has 0 aliphatic rings. The lowest BCUT2D eigenvalue weighted by molar-refractivity contribution is -0.274. The minimum absolute atomic E-state index is 0.00962. The van der Waals surface area contributed by atoms with Gasteiger partial charge in [0.15, 0.2) is 6.61 Å². The van der Waals surface area contributed by atoms with Gasteiger partial charge in [0.05, 0.1) is 12.7 Å². The summed E-state index contributed by atoms with van der Waals surface area (Å²) >= 11 is 0. The molecule has 0 atom stereocenters. The van der Waals surface area contributed by atoms with Crippen molar-refractivity contribution in [1.82, 2.24) is 4.72 Å². The average Bonchev–Trinajstić information content (AvgIpc) is 2.71. The quantitative estimate of drug-likeness (QED) is 0.519. The highest BCUT2D eigenvalue weighted by Gasteiger charge is 2.31. The SMILES string of the molecule is COc1ccc(C(=O)OCC(=O)Nc2ccc(OC(F)(F)F)cc2)cc1S(=O)(=O)NC(C)C. The van der Waals surface area contributed by atoms with Crippen molar-refractivity contribution in [2.75, 3.05) is 19.0 Å². The molecule has 0 unspecified atom stereocenters. The molecule has 13 heteroatoms. The van der Waals surface area contributed by atoms with Crippen LogP contribution in [-0.4, -0.2) is 46.4 Å². The zero-order chi connectivity index (χ0) is 24.8. The minimum atomic E-state index is -4.84. The molecule has 9 nitrogen and oxygen atoms in total. The fourth-order valence-electron chi connectivity index (χ4n) is 2.54. The van der Waals surface area contributed by atoms with Gasteiger partial charge in [-0.05, 0) is 56.3 Å². The second-order valence-electron chi connectivity index (χ2n) is 6.84. The number of anilines is 1. The first-order valence-electron chi connectivity index (χ1n) is 9.34. The molecule has 0 saturated heterocycles. The molecule has 0 heterocycles. The molecule has 0 spiro atoms. The van der Waals surface area contributed by atoms with Gasteiger partial charge in [-0.2, -0.15) is 0 Å². The molecule has 0 bridgehead atoms. The average molecular weight is 490 g/mol. The van der Waals surface area contributed by atoms with E-state index in [9.17, 15) is 31.2 Å². The van der Waals surface area contributed by atoms with Crippen molar-refractivity contribution in [3.05, 3.63) is 48.0 Å². The van der Waals surface area contributed by atoms with Crippen molar-refractivity contribution < 1.29 is 45.4 Å². The van der Waals surface area contributed by atoms with Crippen molar-refractivity contribution >= 4 is 27.6 Å². The van der Waals surface area contributed by atoms with Crippen LogP contribution in [0.5, 0.6) is 11.5 Å². The molecule has 0 aliphatic carbocycles. The Morgan fingerprint density at radius 3 is 2.24 bits per heavy atom. The van der Waals surface area contributed by atoms with Gasteiger partial charge in [-0.15, -0.1) is 13.2 Å². The number of benzene rings is 2. The van der Waals surface area contributed by atoms with Gasteiger partial charge in [0.1, 0.15) is 16.4 Å². The van der Waals surface area contributed by atoms with Crippen molar-refractivity contribution in [3.63, 3.8) is 0 Å². The van der Waals surface area contributed by atoms with E-state index < -0.39 is 46.7 Å². The predicted octanol–water partition coefficient (Wildman–Crippen LogP) is 3.08. The minimum Gasteiger partial charge on any atom is -0.495 e. The van der Waals surface area contributed by atoms with Gasteiger partial charge in [0.25, 0.3) is 5.91 Å². The molecule has 2 N–H and O–H groups in total. The van der Waals surface area contributed by atoms with Crippen LogP contribution in [0.1, 0.15) is 24.2 Å². The first-order chi connectivity index (χ1) is 15.3. The Bertz CT molecular complexity index is 1100. The third-order valence-corrected chi connectivity index (χ3v) is 5.47. The number of hydrogen-bond donors (Lipinski definition) is 2. The summed E-state index contributed by atoms with van der Waals surface area (Å²) < 4.78 is 77.5. The number of methoxy groups -OCH3 is 1. The molecule has 2 aromatic carbocycles. The Morgan fingerprint density at radius 2 is 1.70 bits per heavy atom. The van der Waals surface area contributed by atoms with Crippen LogP contribution >= 0.6 is 0 Å². The third kappa shape index (κ3) is 7.95. The van der Waals surface area contributed by atoms with Crippen LogP contribution in [0.25, 0.3) is 0 Å². The topological polar surface area (TPSA) is 120 Å². The van der Waals surface area contributed by atoms with Crippen molar-refractivity contribution in [2.24, 2.45) is 0 Å². The monoisotopic (exact) mass is 490 g/mol. The van der Waals surface area contributed by atoms with Gasteiger partial charge in [-0.1, -0.05) is 0 Å². The van der Waals surface area contributed by atoms with E-state index in [0.29, 0.717) is 0 Å². The molecular formula is C20H21F3N2O7S. The van der Waals surface area contributed by atoms with Crippen molar-refractivity contribution in [1.29, 1.82) is 0 Å². The summed E-state index contributed by atoms with van der Waals surface area (Å²) in [7, 11) is -2.72. The van der Waals surface area contributed by atoms with Gasteiger partial charge < -0.3 is 19.5 Å². The second kappa shape index (κ2) is 10.5. The number of ether oxygens (including phenoxy) is 3. The zero-order valence-corrected chi connectivity index (χ0v) is 18.5. The summed E-state index contributed by atoms with van der Waals surface area (Å²) in [5.41, 5.74) is 0.00421. The number of esters is 1. The Morgan fingerprint density at radius 1 is 1.06 bits per heavy atom. The lowest BCUT2D eigenvalue weighted by Crippen LogP contribution is -2.30. The largest absolute Gasteiger partial charge is 0.573 e. The molecular weight excluding hydrogens is 469 g/mol. The van der Waals surface area contributed by atoms with Crippen LogP contribution in [-0.2, 0) is 19.6 Å². The van der Waals surface area contributed by atoms with Crippen LogP contribution in [0.2, 0.25) is 0 Å². The first-order valence-corrected chi connectivity index (χ1v) is 10.8. The number of carbonyl (C=O) groups excluding carboxylic acids is 2. The van der Waals surface area contributed by atoms with Crippen LogP contribution < -0.4 is 19.5 Å². The van der Waals surface area contributed by atoms with Gasteiger partial charge in [0, 0.05) is 11.7 Å². The molecule has 2 aromatic rings. The number of halogens is 3. The van der Waals surface area contributed by atoms with E-state index in [1.54, 1.807) is 13.8 Å². The maximum absolute atomic E-state index is 12.5. The molecule has 0 aromatic heterocycles. The van der Waals surface area contributed by atoms with E-state index in [1.807, 2.05) is 0 Å². The number of nitrogens with one attached hydrogen (secondary N) is 2. The summed E-state index contributed by atoms with van der Waals surface area (Å²) in [6, 6.07) is 7.53. The highest BCUT2D eigenvalue weighted by molar-refractivity contribution is 7.89. The standard InChI is InChI=1S/C20H21F3N2O7S/c1-12(2)25-33(28,29)17-10-13(4-9-16(17)30-3)19(27)31-11-18(26)24-14-5-7-15(8-6-14)32-20(21,22)23/h4-10,12,25H,11H2,1-3H3,(H,24,26). The van der Waals surface area contributed by atoms with Gasteiger partial charge >= 0.3 is 12.3 Å². The second-order valence-corrected chi connectivity index (χ2v) is 8.52. The number of amides is 1. The fraction of sp³-hybridized carbons (Fsp3) is 0.300. The van der Waals surface area contributed by atoms with E-state index >= 15 is 0 Å². The highest BCUT2D eigenvalue weighted by Crippen LogP contribution is 2.26. The molecule has 2 rings (SSSR count). The number of rotatable bonds is 9. The maximum atomic E-state index is 12.5. The lowest BCUT2D eigenvalue weighted by Gasteiger charge is -2.14. The summed E-state index contributed by atoms with van der Waals surface area (Å²) in [4.78, 5) is 24.0. The van der Waals surface area contributed by atoms with E-state index in [-0.39, 0.29) is 21.9 Å². The Hall–Kier alpha value is -3.32. The van der Waals surface area contributed by atoms with Crippen LogP contribution in [0.4, 0.5) is 18.9 Å². The Balaban J connectivity index is 2.02. The Kier molecular flexibility index (Phi) is 8.28. The summed E-state index contributed by atoms with van der Waals surface area (Å²) in [5, 5.41) is 2.34.